The van der Waals surface area contributed by atoms with E-state index in [1.807, 2.05) is 0 Å². The van der Waals surface area contributed by atoms with Gasteiger partial charge in [-0.2, -0.15) is 0 Å². The minimum Gasteiger partial charge on any atom is -0.468 e. The van der Waals surface area contributed by atoms with Crippen molar-refractivity contribution in [1.29, 1.82) is 0 Å². The van der Waals surface area contributed by atoms with Crippen LogP contribution in [0.3, 0.4) is 0 Å². The number of hydrogen-bond donors (Lipinski definition) is 0. The zero-order valence-corrected chi connectivity index (χ0v) is 10.0. The monoisotopic (exact) mass is 240 g/mol. The summed E-state index contributed by atoms with van der Waals surface area (Å²) >= 11 is 0. The number of rotatable bonds is 4. The van der Waals surface area contributed by atoms with Crippen LogP contribution in [0.1, 0.15) is 19.3 Å². The van der Waals surface area contributed by atoms with E-state index < -0.39 is 17.4 Å². The van der Waals surface area contributed by atoms with Crippen LogP contribution in [-0.4, -0.2) is 32.4 Å². The Morgan fingerprint density at radius 2 is 1.94 bits per heavy atom. The van der Waals surface area contributed by atoms with Gasteiger partial charge >= 0.3 is 11.9 Å². The van der Waals surface area contributed by atoms with Crippen molar-refractivity contribution in [3.63, 3.8) is 0 Å². The summed E-state index contributed by atoms with van der Waals surface area (Å²) in [5, 5.41) is 0. The molecule has 0 saturated heterocycles. The number of allylic oxidation sites excluding steroid dienone is 1. The molecule has 94 valence electrons. The second-order valence-electron chi connectivity index (χ2n) is 4.20. The molecule has 1 fully saturated rings. The Hall–Kier alpha value is -1.65. The standard InChI is InChI=1S/C12H16O5/c1-8-6-12(10(14)16-2,11(15)17-3)7-9(8)4-5-13/h5,9H,1,4,6-7H2,2-3H3. The van der Waals surface area contributed by atoms with E-state index in [0.29, 0.717) is 5.57 Å². The first-order chi connectivity index (χ1) is 8.01. The van der Waals surface area contributed by atoms with Gasteiger partial charge in [0.25, 0.3) is 0 Å². The number of carbonyl (C=O) groups is 3. The molecule has 1 unspecified atom stereocenters. The maximum Gasteiger partial charge on any atom is 0.323 e. The molecule has 5 heteroatoms. The van der Waals surface area contributed by atoms with Crippen molar-refractivity contribution in [3.05, 3.63) is 12.2 Å². The van der Waals surface area contributed by atoms with Gasteiger partial charge in [0.15, 0.2) is 5.41 Å². The third-order valence-electron chi connectivity index (χ3n) is 3.23. The molecular formula is C12H16O5. The van der Waals surface area contributed by atoms with Gasteiger partial charge in [-0.1, -0.05) is 12.2 Å². The molecule has 0 aromatic heterocycles. The van der Waals surface area contributed by atoms with E-state index in [1.165, 1.54) is 14.2 Å². The summed E-state index contributed by atoms with van der Waals surface area (Å²) in [6, 6.07) is 0. The van der Waals surface area contributed by atoms with Gasteiger partial charge in [-0.15, -0.1) is 0 Å². The molecule has 0 radical (unpaired) electrons. The average Bonchev–Trinajstić information content (AvgIpc) is 2.66. The van der Waals surface area contributed by atoms with Gasteiger partial charge in [-0.05, 0) is 18.8 Å². The smallest absolute Gasteiger partial charge is 0.323 e. The molecule has 0 aromatic rings. The van der Waals surface area contributed by atoms with Crippen LogP contribution in [0.5, 0.6) is 0 Å². The molecular weight excluding hydrogens is 224 g/mol. The first-order valence-corrected chi connectivity index (χ1v) is 5.30. The van der Waals surface area contributed by atoms with Gasteiger partial charge in [0.1, 0.15) is 6.29 Å². The van der Waals surface area contributed by atoms with E-state index in [2.05, 4.69) is 16.1 Å². The Bertz CT molecular complexity index is 342. The van der Waals surface area contributed by atoms with Crippen molar-refractivity contribution in [3.8, 4) is 0 Å². The van der Waals surface area contributed by atoms with Crippen LogP contribution in [-0.2, 0) is 23.9 Å². The van der Waals surface area contributed by atoms with Crippen molar-refractivity contribution in [2.75, 3.05) is 14.2 Å². The third kappa shape index (κ3) is 2.23. The second kappa shape index (κ2) is 5.12. The maximum absolute atomic E-state index is 11.8. The fourth-order valence-electron chi connectivity index (χ4n) is 2.32. The lowest BCUT2D eigenvalue weighted by Crippen LogP contribution is -2.39. The Morgan fingerprint density at radius 1 is 1.41 bits per heavy atom. The molecule has 0 aliphatic heterocycles. The minimum atomic E-state index is -1.33. The van der Waals surface area contributed by atoms with Crippen LogP contribution < -0.4 is 0 Å². The van der Waals surface area contributed by atoms with Crippen molar-refractivity contribution in [1.82, 2.24) is 0 Å². The highest BCUT2D eigenvalue weighted by atomic mass is 16.5. The lowest BCUT2D eigenvalue weighted by Gasteiger charge is -2.22. The van der Waals surface area contributed by atoms with Gasteiger partial charge in [-0.3, -0.25) is 9.59 Å². The van der Waals surface area contributed by atoms with Crippen molar-refractivity contribution in [2.45, 2.75) is 19.3 Å². The molecule has 0 bridgehead atoms. The van der Waals surface area contributed by atoms with E-state index in [4.69, 9.17) is 0 Å². The van der Waals surface area contributed by atoms with Gasteiger partial charge in [-0.25, -0.2) is 0 Å². The van der Waals surface area contributed by atoms with Crippen molar-refractivity contribution >= 4 is 18.2 Å². The molecule has 0 spiro atoms. The van der Waals surface area contributed by atoms with Crippen LogP contribution in [0.25, 0.3) is 0 Å². The van der Waals surface area contributed by atoms with Gasteiger partial charge in [0, 0.05) is 6.42 Å². The third-order valence-corrected chi connectivity index (χ3v) is 3.23. The summed E-state index contributed by atoms with van der Waals surface area (Å²) in [4.78, 5) is 34.1. The lowest BCUT2D eigenvalue weighted by atomic mass is 9.85. The highest BCUT2D eigenvalue weighted by Crippen LogP contribution is 2.47. The molecule has 1 rings (SSSR count). The molecule has 0 aromatic carbocycles. The molecule has 0 amide bonds. The Morgan fingerprint density at radius 3 is 2.35 bits per heavy atom. The maximum atomic E-state index is 11.8. The fraction of sp³-hybridized carbons (Fsp3) is 0.583. The molecule has 1 aliphatic rings. The normalized spacial score (nSPS) is 22.0. The van der Waals surface area contributed by atoms with Crippen LogP contribution in [0.2, 0.25) is 0 Å². The molecule has 0 N–H and O–H groups in total. The zero-order valence-electron chi connectivity index (χ0n) is 10.0. The molecule has 1 atom stereocenters. The quantitative estimate of drug-likeness (QED) is 0.315. The lowest BCUT2D eigenvalue weighted by molar-refractivity contribution is -0.168. The fourth-order valence-corrected chi connectivity index (χ4v) is 2.32. The molecule has 1 aliphatic carbocycles. The largest absolute Gasteiger partial charge is 0.468 e. The number of ether oxygens (including phenoxy) is 2. The number of esters is 2. The van der Waals surface area contributed by atoms with Gasteiger partial charge < -0.3 is 14.3 Å². The van der Waals surface area contributed by atoms with Crippen LogP contribution in [0, 0.1) is 11.3 Å². The van der Waals surface area contributed by atoms with Crippen LogP contribution in [0.4, 0.5) is 0 Å². The topological polar surface area (TPSA) is 69.7 Å². The number of carbonyl (C=O) groups excluding carboxylic acids is 3. The summed E-state index contributed by atoms with van der Waals surface area (Å²) in [5.74, 6) is -1.41. The molecule has 0 heterocycles. The number of aldehydes is 1. The first-order valence-electron chi connectivity index (χ1n) is 5.30. The van der Waals surface area contributed by atoms with E-state index in [1.54, 1.807) is 0 Å². The molecule has 17 heavy (non-hydrogen) atoms. The van der Waals surface area contributed by atoms with Gasteiger partial charge in [0.05, 0.1) is 14.2 Å². The zero-order chi connectivity index (χ0) is 13.1. The first kappa shape index (κ1) is 13.4. The number of hydrogen-bond acceptors (Lipinski definition) is 5. The van der Waals surface area contributed by atoms with Crippen molar-refractivity contribution < 1.29 is 23.9 Å². The predicted octanol–water partition coefficient (Wildman–Crippen LogP) is 0.874. The van der Waals surface area contributed by atoms with Crippen molar-refractivity contribution in [2.24, 2.45) is 11.3 Å². The highest BCUT2D eigenvalue weighted by Gasteiger charge is 2.54. The van der Waals surface area contributed by atoms with Gasteiger partial charge in [0.2, 0.25) is 0 Å². The van der Waals surface area contributed by atoms with Crippen LogP contribution >= 0.6 is 0 Å². The summed E-state index contributed by atoms with van der Waals surface area (Å²) in [6.45, 7) is 3.81. The predicted molar refractivity (Wildman–Crippen MR) is 59.0 cm³/mol. The highest BCUT2D eigenvalue weighted by molar-refractivity contribution is 6.01. The number of methoxy groups -OCH3 is 2. The second-order valence-corrected chi connectivity index (χ2v) is 4.20. The minimum absolute atomic E-state index is 0.161. The summed E-state index contributed by atoms with van der Waals surface area (Å²) in [6.07, 6.45) is 1.43. The van der Waals surface area contributed by atoms with E-state index in [0.717, 1.165) is 6.29 Å². The Balaban J connectivity index is 3.03. The summed E-state index contributed by atoms with van der Waals surface area (Å²) < 4.78 is 9.33. The summed E-state index contributed by atoms with van der Waals surface area (Å²) in [5.41, 5.74) is -0.609. The SMILES string of the molecule is C=C1CC(C(=O)OC)(C(=O)OC)CC1CC=O. The van der Waals surface area contributed by atoms with E-state index >= 15 is 0 Å². The molecule has 1 saturated carbocycles. The average molecular weight is 240 g/mol. The van der Waals surface area contributed by atoms with Crippen LogP contribution in [0.15, 0.2) is 12.2 Å². The Kier molecular flexibility index (Phi) is 4.04. The van der Waals surface area contributed by atoms with E-state index in [-0.39, 0.29) is 25.2 Å². The van der Waals surface area contributed by atoms with E-state index in [9.17, 15) is 14.4 Å². The summed E-state index contributed by atoms with van der Waals surface area (Å²) in [7, 11) is 2.45. The Labute approximate surface area is 99.8 Å². The molecule has 5 nitrogen and oxygen atoms in total.